The van der Waals surface area contributed by atoms with Crippen LogP contribution in [0, 0.1) is 5.41 Å². The van der Waals surface area contributed by atoms with Crippen LogP contribution in [-0.2, 0) is 20.9 Å². The maximum absolute atomic E-state index is 14.1. The van der Waals surface area contributed by atoms with Crippen molar-refractivity contribution in [2.24, 2.45) is 5.41 Å². The van der Waals surface area contributed by atoms with Crippen molar-refractivity contribution in [1.82, 2.24) is 10.2 Å². The van der Waals surface area contributed by atoms with Gasteiger partial charge < -0.3 is 14.6 Å². The number of carbonyl (C=O) groups excluding carboxylic acids is 3. The van der Waals surface area contributed by atoms with Gasteiger partial charge in [0.1, 0.15) is 5.76 Å². The van der Waals surface area contributed by atoms with E-state index < -0.39 is 40.3 Å². The summed E-state index contributed by atoms with van der Waals surface area (Å²) in [5, 5.41) is 1.75. The van der Waals surface area contributed by atoms with Crippen LogP contribution in [0.3, 0.4) is 0 Å². The molecule has 146 valence electrons. The van der Waals surface area contributed by atoms with E-state index in [-0.39, 0.29) is 30.8 Å². The molecule has 1 aliphatic carbocycles. The number of amides is 2. The van der Waals surface area contributed by atoms with Crippen molar-refractivity contribution in [3.8, 4) is 0 Å². The fourth-order valence-corrected chi connectivity index (χ4v) is 3.82. The Morgan fingerprint density at radius 3 is 2.48 bits per heavy atom. The van der Waals surface area contributed by atoms with Crippen LogP contribution in [0.1, 0.15) is 39.4 Å². The Morgan fingerprint density at radius 2 is 1.96 bits per heavy atom. The third-order valence-corrected chi connectivity index (χ3v) is 4.80. The highest BCUT2D eigenvalue weighted by atomic mass is 19.4. The van der Waals surface area contributed by atoms with Crippen LogP contribution >= 0.6 is 0 Å². The fourth-order valence-electron chi connectivity index (χ4n) is 3.82. The third-order valence-electron chi connectivity index (χ3n) is 4.80. The molecule has 1 aromatic rings. The van der Waals surface area contributed by atoms with Gasteiger partial charge in [0.25, 0.3) is 5.91 Å². The molecule has 1 atom stereocenters. The molecule has 2 aliphatic rings. The van der Waals surface area contributed by atoms with E-state index in [0.29, 0.717) is 0 Å². The van der Waals surface area contributed by atoms with Gasteiger partial charge in [-0.15, -0.1) is 0 Å². The second-order valence-electron chi connectivity index (χ2n) is 7.66. The van der Waals surface area contributed by atoms with Crippen LogP contribution in [0.2, 0.25) is 0 Å². The molecule has 1 N–H and O–H groups in total. The summed E-state index contributed by atoms with van der Waals surface area (Å²) in [5.74, 6) is -2.96. The molecule has 0 radical (unpaired) electrons. The van der Waals surface area contributed by atoms with Gasteiger partial charge in [-0.1, -0.05) is 13.8 Å². The molecule has 3 rings (SSSR count). The molecule has 6 nitrogen and oxygen atoms in total. The lowest BCUT2D eigenvalue weighted by Crippen LogP contribution is -2.65. The summed E-state index contributed by atoms with van der Waals surface area (Å²) in [7, 11) is 0. The molecule has 0 unspecified atom stereocenters. The molecule has 0 fully saturated rings. The first-order chi connectivity index (χ1) is 12.4. The number of furan rings is 1. The van der Waals surface area contributed by atoms with Crippen LogP contribution in [-0.4, -0.2) is 34.2 Å². The molecule has 9 heteroatoms. The Labute approximate surface area is 153 Å². The van der Waals surface area contributed by atoms with E-state index in [1.165, 1.54) is 12.3 Å². The molecule has 1 aromatic heterocycles. The summed E-state index contributed by atoms with van der Waals surface area (Å²) < 4.78 is 47.6. The van der Waals surface area contributed by atoms with Crippen LogP contribution in [0.15, 0.2) is 34.1 Å². The van der Waals surface area contributed by atoms with Crippen LogP contribution in [0.25, 0.3) is 0 Å². The number of carbonyl (C=O) groups is 3. The molecule has 27 heavy (non-hydrogen) atoms. The van der Waals surface area contributed by atoms with E-state index in [1.54, 1.807) is 25.2 Å². The molecule has 0 saturated carbocycles. The summed E-state index contributed by atoms with van der Waals surface area (Å²) in [6.45, 7) is 4.12. The minimum absolute atomic E-state index is 0.0104. The Morgan fingerprint density at radius 1 is 1.30 bits per heavy atom. The number of allylic oxidation sites excluding steroid dienone is 1. The molecule has 0 bridgehead atoms. The van der Waals surface area contributed by atoms with Crippen molar-refractivity contribution >= 4 is 17.6 Å². The number of nitrogens with one attached hydrogen (secondary N) is 1. The molecule has 0 spiro atoms. The number of alkyl halides is 3. The van der Waals surface area contributed by atoms with Crippen molar-refractivity contribution in [1.29, 1.82) is 0 Å². The third kappa shape index (κ3) is 2.94. The molecular weight excluding hydrogens is 365 g/mol. The number of ketones is 1. The first-order valence-corrected chi connectivity index (χ1v) is 8.36. The second kappa shape index (κ2) is 5.97. The summed E-state index contributed by atoms with van der Waals surface area (Å²) in [4.78, 5) is 38.2. The smallest absolute Gasteiger partial charge is 0.425 e. The summed E-state index contributed by atoms with van der Waals surface area (Å²) >= 11 is 0. The van der Waals surface area contributed by atoms with Crippen molar-refractivity contribution in [2.45, 2.75) is 51.9 Å². The molecule has 0 aromatic carbocycles. The predicted molar refractivity (Wildman–Crippen MR) is 86.9 cm³/mol. The molecule has 1 aliphatic heterocycles. The van der Waals surface area contributed by atoms with Crippen LogP contribution in [0.4, 0.5) is 13.2 Å². The highest BCUT2D eigenvalue weighted by Crippen LogP contribution is 2.52. The highest BCUT2D eigenvalue weighted by molar-refractivity contribution is 6.13. The summed E-state index contributed by atoms with van der Waals surface area (Å²) in [6.07, 6.45) is -3.89. The van der Waals surface area contributed by atoms with Gasteiger partial charge in [-0.05, 0) is 24.0 Å². The topological polar surface area (TPSA) is 79.6 Å². The molecular formula is C18H19F3N2O4. The average Bonchev–Trinajstić information content (AvgIpc) is 3.06. The van der Waals surface area contributed by atoms with E-state index in [4.69, 9.17) is 4.42 Å². The Hall–Kier alpha value is -2.58. The summed E-state index contributed by atoms with van der Waals surface area (Å²) in [5.41, 5.74) is -4.67. The summed E-state index contributed by atoms with van der Waals surface area (Å²) in [6, 6.07) is 3.07. The van der Waals surface area contributed by atoms with Gasteiger partial charge in [-0.25, -0.2) is 0 Å². The van der Waals surface area contributed by atoms with Gasteiger partial charge in [0, 0.05) is 19.0 Å². The van der Waals surface area contributed by atoms with Gasteiger partial charge >= 0.3 is 6.18 Å². The van der Waals surface area contributed by atoms with Crippen molar-refractivity contribution in [2.75, 3.05) is 0 Å². The van der Waals surface area contributed by atoms with Gasteiger partial charge in [-0.2, -0.15) is 13.2 Å². The Bertz CT molecular complexity index is 839. The van der Waals surface area contributed by atoms with Gasteiger partial charge in [0.2, 0.25) is 11.4 Å². The Balaban J connectivity index is 2.22. The van der Waals surface area contributed by atoms with Crippen LogP contribution < -0.4 is 5.32 Å². The molecule has 2 heterocycles. The molecule has 2 amide bonds. The van der Waals surface area contributed by atoms with Gasteiger partial charge in [0.05, 0.1) is 18.4 Å². The maximum Gasteiger partial charge on any atom is 0.425 e. The zero-order chi connectivity index (χ0) is 20.2. The average molecular weight is 384 g/mol. The number of hydrogen-bond donors (Lipinski definition) is 1. The maximum atomic E-state index is 14.1. The normalized spacial score (nSPS) is 25.0. The van der Waals surface area contributed by atoms with E-state index in [1.807, 2.05) is 0 Å². The van der Waals surface area contributed by atoms with E-state index in [9.17, 15) is 27.6 Å². The standard InChI is InChI=1S/C18H19F3N2O4/c1-10(24)22-17(18(19,20)21)14-12(7-16(2,3)8-13(14)25)23(15(17)26)9-11-5-4-6-27-11/h4-6H,7-9H2,1-3H3,(H,22,24)/t17-/m1/s1. The molecule has 0 saturated heterocycles. The van der Waals surface area contributed by atoms with E-state index >= 15 is 0 Å². The minimum Gasteiger partial charge on any atom is -0.467 e. The van der Waals surface area contributed by atoms with Gasteiger partial charge in [0.15, 0.2) is 5.78 Å². The SMILES string of the molecule is CC(=O)N[C@@]1(C(F)(F)F)C(=O)N(Cc2ccco2)C2=C1C(=O)CC(C)(C)C2. The number of Topliss-reactive ketones (excluding diaryl/α,β-unsaturated/α-hetero) is 1. The quantitative estimate of drug-likeness (QED) is 0.869. The lowest BCUT2D eigenvalue weighted by Gasteiger charge is -2.35. The minimum atomic E-state index is -5.18. The van der Waals surface area contributed by atoms with E-state index in [2.05, 4.69) is 0 Å². The zero-order valence-electron chi connectivity index (χ0n) is 15.1. The number of nitrogens with zero attached hydrogens (tertiary/aromatic N) is 1. The van der Waals surface area contributed by atoms with Crippen molar-refractivity contribution in [3.63, 3.8) is 0 Å². The highest BCUT2D eigenvalue weighted by Gasteiger charge is 2.71. The lowest BCUT2D eigenvalue weighted by molar-refractivity contribution is -0.194. The Kier molecular flexibility index (Phi) is 4.24. The second-order valence-corrected chi connectivity index (χ2v) is 7.66. The first kappa shape index (κ1) is 19.2. The number of halogens is 3. The number of hydrogen-bond acceptors (Lipinski definition) is 4. The monoisotopic (exact) mass is 384 g/mol. The number of rotatable bonds is 3. The largest absolute Gasteiger partial charge is 0.467 e. The van der Waals surface area contributed by atoms with Crippen molar-refractivity contribution in [3.05, 3.63) is 35.4 Å². The predicted octanol–water partition coefficient (Wildman–Crippen LogP) is 2.70. The first-order valence-electron chi connectivity index (χ1n) is 8.36. The zero-order valence-corrected chi connectivity index (χ0v) is 15.1. The van der Waals surface area contributed by atoms with Crippen LogP contribution in [0.5, 0.6) is 0 Å². The van der Waals surface area contributed by atoms with Gasteiger partial charge in [-0.3, -0.25) is 14.4 Å². The van der Waals surface area contributed by atoms with E-state index in [0.717, 1.165) is 11.8 Å². The van der Waals surface area contributed by atoms with Crippen molar-refractivity contribution < 1.29 is 32.0 Å². The fraction of sp³-hybridized carbons (Fsp3) is 0.500. The lowest BCUT2D eigenvalue weighted by atomic mass is 9.72.